The molecular formula is C20H21N3O2. The summed E-state index contributed by atoms with van der Waals surface area (Å²) in [5.74, 6) is -0.00602. The third-order valence-corrected chi connectivity index (χ3v) is 4.99. The maximum atomic E-state index is 12.6. The van der Waals surface area contributed by atoms with Gasteiger partial charge in [-0.3, -0.25) is 9.59 Å². The molecule has 0 saturated carbocycles. The highest BCUT2D eigenvalue weighted by molar-refractivity contribution is 5.84. The van der Waals surface area contributed by atoms with E-state index in [1.165, 1.54) is 6.07 Å². The normalized spacial score (nSPS) is 16.6. The number of aryl methyl sites for hydroxylation is 2. The Hall–Kier alpha value is -2.82. The quantitative estimate of drug-likeness (QED) is 0.773. The van der Waals surface area contributed by atoms with Gasteiger partial charge in [-0.05, 0) is 55.3 Å². The first kappa shape index (κ1) is 15.7. The molecular weight excluding hydrogens is 314 g/mol. The van der Waals surface area contributed by atoms with Crippen LogP contribution < -0.4 is 10.9 Å². The number of aromatic amines is 1. The van der Waals surface area contributed by atoms with Crippen LogP contribution in [-0.2, 0) is 17.8 Å². The first-order chi connectivity index (χ1) is 12.1. The van der Waals surface area contributed by atoms with E-state index in [-0.39, 0.29) is 17.5 Å². The molecule has 1 atom stereocenters. The van der Waals surface area contributed by atoms with Crippen molar-refractivity contribution in [2.75, 3.05) is 0 Å². The standard InChI is InChI=1S/C20H21N3O2/c1-13-11-14-5-2-3-8-18(14)23(13)12-20(25)22-17-7-4-6-16-15(17)9-10-19(24)21-16/h2-3,5,8-11,17H,4,6-7,12H2,1H3,(H,21,24)(H,22,25)/t17-/m1/s1. The lowest BCUT2D eigenvalue weighted by Gasteiger charge is -2.26. The Morgan fingerprint density at radius 3 is 3.00 bits per heavy atom. The number of carbonyl (C=O) groups excluding carboxylic acids is 1. The average Bonchev–Trinajstić information content (AvgIpc) is 2.90. The number of para-hydroxylation sites is 1. The highest BCUT2D eigenvalue weighted by atomic mass is 16.2. The van der Waals surface area contributed by atoms with Crippen LogP contribution >= 0.6 is 0 Å². The maximum Gasteiger partial charge on any atom is 0.248 e. The number of benzene rings is 1. The molecule has 1 aromatic carbocycles. The molecule has 0 unspecified atom stereocenters. The minimum absolute atomic E-state index is 0.00602. The van der Waals surface area contributed by atoms with Gasteiger partial charge >= 0.3 is 0 Å². The lowest BCUT2D eigenvalue weighted by molar-refractivity contribution is -0.122. The largest absolute Gasteiger partial charge is 0.348 e. The SMILES string of the molecule is Cc1cc2ccccc2n1CC(=O)N[C@@H]1CCCc2[nH]c(=O)ccc21. The van der Waals surface area contributed by atoms with Gasteiger partial charge in [-0.15, -0.1) is 0 Å². The Labute approximate surface area is 145 Å². The van der Waals surface area contributed by atoms with E-state index in [0.29, 0.717) is 6.54 Å². The summed E-state index contributed by atoms with van der Waals surface area (Å²) in [5.41, 5.74) is 4.05. The van der Waals surface area contributed by atoms with E-state index >= 15 is 0 Å². The molecule has 0 radical (unpaired) electrons. The van der Waals surface area contributed by atoms with Gasteiger partial charge in [-0.25, -0.2) is 0 Å². The summed E-state index contributed by atoms with van der Waals surface area (Å²) in [4.78, 5) is 27.0. The molecule has 0 bridgehead atoms. The number of hydrogen-bond donors (Lipinski definition) is 2. The lowest BCUT2D eigenvalue weighted by atomic mass is 9.91. The number of nitrogens with one attached hydrogen (secondary N) is 2. The van der Waals surface area contributed by atoms with Gasteiger partial charge in [-0.1, -0.05) is 18.2 Å². The molecule has 4 rings (SSSR count). The highest BCUT2D eigenvalue weighted by Crippen LogP contribution is 2.27. The number of H-pyrrole nitrogens is 1. The van der Waals surface area contributed by atoms with Crippen LogP contribution in [0.1, 0.15) is 35.8 Å². The van der Waals surface area contributed by atoms with Gasteiger partial charge in [-0.2, -0.15) is 0 Å². The predicted octanol–water partition coefficient (Wildman–Crippen LogP) is 2.83. The smallest absolute Gasteiger partial charge is 0.248 e. The molecule has 0 spiro atoms. The van der Waals surface area contributed by atoms with Crippen LogP contribution in [0.15, 0.2) is 47.3 Å². The first-order valence-corrected chi connectivity index (χ1v) is 8.68. The molecule has 128 valence electrons. The zero-order chi connectivity index (χ0) is 17.4. The zero-order valence-corrected chi connectivity index (χ0v) is 14.2. The van der Waals surface area contributed by atoms with Crippen molar-refractivity contribution in [1.29, 1.82) is 0 Å². The molecule has 5 nitrogen and oxygen atoms in total. The van der Waals surface area contributed by atoms with Crippen LogP contribution in [0.2, 0.25) is 0 Å². The molecule has 1 aliphatic carbocycles. The monoisotopic (exact) mass is 335 g/mol. The van der Waals surface area contributed by atoms with Crippen LogP contribution in [0.3, 0.4) is 0 Å². The van der Waals surface area contributed by atoms with Crippen molar-refractivity contribution in [3.63, 3.8) is 0 Å². The summed E-state index contributed by atoms with van der Waals surface area (Å²) in [6.07, 6.45) is 2.72. The molecule has 0 aliphatic heterocycles. The van der Waals surface area contributed by atoms with Gasteiger partial charge in [0.2, 0.25) is 11.5 Å². The predicted molar refractivity (Wildman–Crippen MR) is 97.6 cm³/mol. The minimum Gasteiger partial charge on any atom is -0.348 e. The molecule has 5 heteroatoms. The van der Waals surface area contributed by atoms with E-state index in [2.05, 4.69) is 22.4 Å². The highest BCUT2D eigenvalue weighted by Gasteiger charge is 2.22. The Kier molecular flexibility index (Phi) is 3.92. The second-order valence-corrected chi connectivity index (χ2v) is 6.70. The summed E-state index contributed by atoms with van der Waals surface area (Å²) in [7, 11) is 0. The second-order valence-electron chi connectivity index (χ2n) is 6.70. The van der Waals surface area contributed by atoms with Gasteiger partial charge in [0.15, 0.2) is 0 Å². The molecule has 1 aliphatic rings. The van der Waals surface area contributed by atoms with E-state index in [9.17, 15) is 9.59 Å². The van der Waals surface area contributed by atoms with E-state index in [4.69, 9.17) is 0 Å². The zero-order valence-electron chi connectivity index (χ0n) is 14.2. The van der Waals surface area contributed by atoms with E-state index < -0.39 is 0 Å². The van der Waals surface area contributed by atoms with Crippen LogP contribution in [0.5, 0.6) is 0 Å². The number of hydrogen-bond acceptors (Lipinski definition) is 2. The Bertz CT molecular complexity index is 1000. The minimum atomic E-state index is -0.0832. The summed E-state index contributed by atoms with van der Waals surface area (Å²) in [6.45, 7) is 2.32. The Balaban J connectivity index is 1.55. The van der Waals surface area contributed by atoms with Gasteiger partial charge in [0, 0.05) is 23.0 Å². The van der Waals surface area contributed by atoms with Crippen molar-refractivity contribution in [2.24, 2.45) is 0 Å². The van der Waals surface area contributed by atoms with Gasteiger partial charge in [0.1, 0.15) is 6.54 Å². The molecule has 25 heavy (non-hydrogen) atoms. The number of fused-ring (bicyclic) bond motifs is 2. The number of nitrogens with zero attached hydrogens (tertiary/aromatic N) is 1. The summed E-state index contributed by atoms with van der Waals surface area (Å²) < 4.78 is 2.04. The van der Waals surface area contributed by atoms with Crippen LogP contribution in [0.25, 0.3) is 10.9 Å². The topological polar surface area (TPSA) is 66.9 Å². The van der Waals surface area contributed by atoms with Gasteiger partial charge in [0.05, 0.1) is 6.04 Å². The van der Waals surface area contributed by atoms with E-state index in [1.807, 2.05) is 35.8 Å². The Morgan fingerprint density at radius 2 is 2.12 bits per heavy atom. The van der Waals surface area contributed by atoms with Crippen LogP contribution in [0, 0.1) is 6.92 Å². The molecule has 0 saturated heterocycles. The Morgan fingerprint density at radius 1 is 1.28 bits per heavy atom. The molecule has 3 aromatic rings. The lowest BCUT2D eigenvalue weighted by Crippen LogP contribution is -2.34. The van der Waals surface area contributed by atoms with E-state index in [1.54, 1.807) is 0 Å². The number of pyridine rings is 1. The van der Waals surface area contributed by atoms with Crippen LogP contribution in [0.4, 0.5) is 0 Å². The molecule has 1 amide bonds. The third-order valence-electron chi connectivity index (χ3n) is 4.99. The third kappa shape index (κ3) is 2.97. The fraction of sp³-hybridized carbons (Fsp3) is 0.300. The van der Waals surface area contributed by atoms with E-state index in [0.717, 1.165) is 47.1 Å². The van der Waals surface area contributed by atoms with Crippen molar-refractivity contribution < 1.29 is 4.79 Å². The fourth-order valence-corrected chi connectivity index (χ4v) is 3.79. The summed E-state index contributed by atoms with van der Waals surface area (Å²) in [6, 6.07) is 13.5. The van der Waals surface area contributed by atoms with Gasteiger partial charge < -0.3 is 14.9 Å². The molecule has 0 fully saturated rings. The van der Waals surface area contributed by atoms with Gasteiger partial charge in [0.25, 0.3) is 0 Å². The number of rotatable bonds is 3. The molecule has 2 N–H and O–H groups in total. The van der Waals surface area contributed by atoms with Crippen molar-refractivity contribution in [3.05, 3.63) is 69.8 Å². The second kappa shape index (κ2) is 6.24. The fourth-order valence-electron chi connectivity index (χ4n) is 3.79. The maximum absolute atomic E-state index is 12.6. The number of carbonyl (C=O) groups is 1. The van der Waals surface area contributed by atoms with Crippen molar-refractivity contribution in [2.45, 2.75) is 38.8 Å². The summed E-state index contributed by atoms with van der Waals surface area (Å²) in [5, 5.41) is 4.29. The number of aromatic nitrogens is 2. The molecule has 2 heterocycles. The van der Waals surface area contributed by atoms with Crippen molar-refractivity contribution in [1.82, 2.24) is 14.9 Å². The number of amides is 1. The first-order valence-electron chi connectivity index (χ1n) is 8.68. The molecule has 2 aromatic heterocycles. The van der Waals surface area contributed by atoms with Crippen molar-refractivity contribution >= 4 is 16.8 Å². The summed E-state index contributed by atoms with van der Waals surface area (Å²) >= 11 is 0. The van der Waals surface area contributed by atoms with Crippen molar-refractivity contribution in [3.8, 4) is 0 Å². The van der Waals surface area contributed by atoms with Crippen LogP contribution in [-0.4, -0.2) is 15.5 Å². The average molecular weight is 335 g/mol.